The fourth-order valence-electron chi connectivity index (χ4n) is 14.6. The summed E-state index contributed by atoms with van der Waals surface area (Å²) in [6.07, 6.45) is 6.06. The zero-order valence-corrected chi connectivity index (χ0v) is 72.6. The topological polar surface area (TPSA) is 302 Å². The van der Waals surface area contributed by atoms with Crippen LogP contribution in [0.4, 0.5) is 0 Å². The first-order valence-electron chi connectivity index (χ1n) is 42.0. The summed E-state index contributed by atoms with van der Waals surface area (Å²) in [4.78, 5) is 72.5. The molecule has 0 spiro atoms. The number of ether oxygens (including phenoxy) is 18. The average Bonchev–Trinajstić information content (AvgIpc) is 0.679. The van der Waals surface area contributed by atoms with Crippen molar-refractivity contribution in [3.63, 3.8) is 0 Å². The van der Waals surface area contributed by atoms with Gasteiger partial charge >= 0.3 is 0 Å². The van der Waals surface area contributed by atoms with Crippen LogP contribution in [0, 0.1) is 11.8 Å². The minimum atomic E-state index is -0.409. The van der Waals surface area contributed by atoms with E-state index in [1.165, 1.54) is 9.80 Å². The number of hydrogen-bond donors (Lipinski definition) is 0. The van der Waals surface area contributed by atoms with Crippen LogP contribution >= 0.6 is 0 Å². The van der Waals surface area contributed by atoms with Gasteiger partial charge in [-0.1, -0.05) is 69.9 Å². The quantitative estimate of drug-likeness (QED) is 0.00650. The second-order valence-electron chi connectivity index (χ2n) is 28.4. The fourth-order valence-corrected chi connectivity index (χ4v) is 14.6. The monoisotopic (exact) mass is 1780 g/mol. The first kappa shape index (κ1) is 97.5. The van der Waals surface area contributed by atoms with E-state index in [0.29, 0.717) is 313 Å². The molecule has 28 nitrogen and oxygen atoms in total. The largest absolute Gasteiger partial charge is 0.490 e. The van der Waals surface area contributed by atoms with Gasteiger partial charge in [-0.25, -0.2) is 4.98 Å². The minimum Gasteiger partial charge on any atom is -0.490 e. The molecule has 0 aliphatic carbocycles. The van der Waals surface area contributed by atoms with Crippen LogP contribution in [0.3, 0.4) is 0 Å². The molecule has 2 N–H and O–H groups in total. The third-order valence-electron chi connectivity index (χ3n) is 20.6. The summed E-state index contributed by atoms with van der Waals surface area (Å²) >= 11 is 0. The zero-order valence-electron chi connectivity index (χ0n) is 71.1. The molecular weight excluding hydrogens is 1660 g/mol. The van der Waals surface area contributed by atoms with Crippen LogP contribution in [0.2, 0.25) is 0 Å². The Bertz CT molecular complexity index is 4750. The van der Waals surface area contributed by atoms with Crippen molar-refractivity contribution >= 4 is 66.7 Å². The molecule has 2 aliphatic heterocycles. The van der Waals surface area contributed by atoms with Crippen molar-refractivity contribution in [3.05, 3.63) is 155 Å². The summed E-state index contributed by atoms with van der Waals surface area (Å²) in [5.41, 5.74) is 7.85. The minimum absolute atomic E-state index is 0. The van der Waals surface area contributed by atoms with Gasteiger partial charge in [-0.15, -0.1) is 0 Å². The molecule has 0 saturated carbocycles. The molecule has 0 saturated heterocycles. The molecule has 11 rings (SSSR count). The van der Waals surface area contributed by atoms with E-state index in [9.17, 15) is 9.59 Å². The summed E-state index contributed by atoms with van der Waals surface area (Å²) in [6, 6.07) is 34.3. The van der Waals surface area contributed by atoms with E-state index >= 15 is 9.59 Å². The molecule has 6 aromatic carbocycles. The van der Waals surface area contributed by atoms with E-state index < -0.39 is 11.8 Å². The second-order valence-corrected chi connectivity index (χ2v) is 28.4. The Labute approximate surface area is 730 Å². The maximum absolute atomic E-state index is 15.2. The molecule has 4 amide bonds. The van der Waals surface area contributed by atoms with Crippen molar-refractivity contribution < 1.29 is 137 Å². The first-order valence-corrected chi connectivity index (χ1v) is 42.0. The normalized spacial score (nSPS) is 12.7. The summed E-state index contributed by atoms with van der Waals surface area (Å²) in [6.45, 7) is 22.8. The van der Waals surface area contributed by atoms with Gasteiger partial charge in [0.25, 0.3) is 23.6 Å². The number of nitrogens with zero attached hydrogens (tertiary/aromatic N) is 5. The van der Waals surface area contributed by atoms with Crippen LogP contribution in [0.25, 0.3) is 77.0 Å². The van der Waals surface area contributed by atoms with Gasteiger partial charge < -0.3 is 90.7 Å². The Kier molecular flexibility index (Phi) is 43.0. The number of carbonyl (C=O) groups excluding carboxylic acids is 4. The van der Waals surface area contributed by atoms with E-state index in [4.69, 9.17) is 90.2 Å². The fraction of sp³-hybridized carbons (Fsp3) is 0.495. The smallest absolute Gasteiger partial charge is 0.261 e. The predicted octanol–water partition coefficient (Wildman–Crippen LogP) is 10.8. The third kappa shape index (κ3) is 27.1. The maximum atomic E-state index is 15.2. The molecule has 663 valence electrons. The number of benzene rings is 6. The second kappa shape index (κ2) is 53.8. The van der Waals surface area contributed by atoms with Gasteiger partial charge in [0.05, 0.1) is 235 Å². The number of aryl methyl sites for hydroxylation is 1. The number of hydrogen-bond acceptors (Lipinski definition) is 24. The summed E-state index contributed by atoms with van der Waals surface area (Å²) < 4.78 is 103. The van der Waals surface area contributed by atoms with E-state index in [1.807, 2.05) is 130 Å². The third-order valence-corrected chi connectivity index (χ3v) is 20.6. The van der Waals surface area contributed by atoms with Crippen LogP contribution in [0.1, 0.15) is 106 Å². The Morgan fingerprint density at radius 2 is 0.721 bits per heavy atom. The van der Waals surface area contributed by atoms with E-state index in [1.54, 1.807) is 31.5 Å². The van der Waals surface area contributed by atoms with Crippen LogP contribution in [0.5, 0.6) is 5.75 Å². The Morgan fingerprint density at radius 3 is 1.11 bits per heavy atom. The van der Waals surface area contributed by atoms with Crippen molar-refractivity contribution in [3.8, 4) is 51.5 Å². The standard InChI is InChI=1S/C93H116N5O22.Ag.H2O/c1-7-71(8-2)97-90(99)75-26-24-74-87-83(120-62-61-119-60-59-118-58-57-117-56-55-116-54-53-115-52-51-114-50-49-113-48-47-112-46-45-111-44-43-110-42-41-109-40-39-108-38-37-107-36-35-106-34-33-105-32-31-104-30-29-103-6)66-78-86-76(91(100)98(93(78)102)72(9-3)10-4)25-23-73(89(86)87)84-69(63-77(92(97)101)85(75)88(74)84)22-19-67-17-20-68(21-18-67)70-64-80(79-15-11-13-27-94-79)95-81(65-70)82-16-12-14-28-96(82)5;;/h11-18,20-21,23-28,63-66,71-72H,7-10,29-62H2,1-6H3;;1H2/q+1;;. The van der Waals surface area contributed by atoms with Crippen molar-refractivity contribution in [2.24, 2.45) is 7.05 Å². The molecule has 0 fully saturated rings. The number of amides is 4. The number of methoxy groups -OCH3 is 1. The first-order chi connectivity index (χ1) is 59.1. The Morgan fingerprint density at radius 1 is 0.352 bits per heavy atom. The van der Waals surface area contributed by atoms with Gasteiger partial charge in [0.2, 0.25) is 5.69 Å². The summed E-state index contributed by atoms with van der Waals surface area (Å²) in [7, 11) is 3.64. The molecule has 5 heterocycles. The molecule has 3 aromatic heterocycles. The number of pyridine rings is 3. The van der Waals surface area contributed by atoms with E-state index in [2.05, 4.69) is 22.9 Å². The molecule has 0 bridgehead atoms. The van der Waals surface area contributed by atoms with Crippen LogP contribution in [-0.4, -0.2) is 293 Å². The SMILES string of the molecule is CCC(CC)N1C(=O)c2ccc3c4c(OCCOCCOCCOCCOCCOCCOCCOCCOCCOCCOCCOCCOCCOCCOCCOCCOCCOC)cc5c6c(ccc(c7c(C#Cc8ccc(-c9cc(-c%10ccccn%10)nc(-c%10cccc[n+]%10C)c9)cc8)cc(c2c37)C1=O)c64)C(=O)N(C(CC)CC)C5=O.O.[Ag]. The van der Waals surface area contributed by atoms with E-state index in [0.717, 1.165) is 33.9 Å². The predicted molar refractivity (Wildman–Crippen MR) is 457 cm³/mol. The van der Waals surface area contributed by atoms with Gasteiger partial charge in [-0.05, 0) is 114 Å². The van der Waals surface area contributed by atoms with E-state index in [-0.39, 0.29) is 71.6 Å². The number of imide groups is 2. The van der Waals surface area contributed by atoms with Crippen molar-refractivity contribution in [2.45, 2.75) is 65.5 Å². The average molecular weight is 1780 g/mol. The van der Waals surface area contributed by atoms with Crippen LogP contribution < -0.4 is 9.30 Å². The van der Waals surface area contributed by atoms with Gasteiger partial charge in [0.1, 0.15) is 25.1 Å². The summed E-state index contributed by atoms with van der Waals surface area (Å²) in [5.74, 6) is 5.84. The Balaban J connectivity index is 0.00000845. The van der Waals surface area contributed by atoms with Gasteiger partial charge in [-0.3, -0.25) is 34.0 Å². The molecular formula is C93H118AgN5O23+. The molecule has 9 aromatic rings. The summed E-state index contributed by atoms with van der Waals surface area (Å²) in [5, 5.41) is 5.00. The van der Waals surface area contributed by atoms with Crippen molar-refractivity contribution in [2.75, 3.05) is 232 Å². The number of carbonyl (C=O) groups is 4. The number of fused-ring (bicyclic) bond motifs is 2. The molecule has 1 radical (unpaired) electrons. The van der Waals surface area contributed by atoms with Crippen LogP contribution in [-0.2, 0) is 110 Å². The molecule has 0 unspecified atom stereocenters. The van der Waals surface area contributed by atoms with Gasteiger partial charge in [0, 0.05) is 120 Å². The molecule has 2 aliphatic rings. The molecule has 122 heavy (non-hydrogen) atoms. The maximum Gasteiger partial charge on any atom is 0.261 e. The van der Waals surface area contributed by atoms with Gasteiger partial charge in [0.15, 0.2) is 6.20 Å². The Hall–Kier alpha value is -8.27. The molecule has 29 heteroatoms. The zero-order chi connectivity index (χ0) is 83.9. The van der Waals surface area contributed by atoms with Crippen molar-refractivity contribution in [1.29, 1.82) is 0 Å². The van der Waals surface area contributed by atoms with Crippen molar-refractivity contribution in [1.82, 2.24) is 19.8 Å². The number of aromatic nitrogens is 3. The van der Waals surface area contributed by atoms with Gasteiger partial charge in [-0.2, -0.15) is 4.57 Å². The number of rotatable bonds is 61. The van der Waals surface area contributed by atoms with Crippen LogP contribution in [0.15, 0.2) is 122 Å². The molecule has 0 atom stereocenters.